The van der Waals surface area contributed by atoms with Gasteiger partial charge in [-0.1, -0.05) is 5.22 Å². The minimum absolute atomic E-state index is 0.0537. The van der Waals surface area contributed by atoms with E-state index < -0.39 is 40.9 Å². The number of carboxylic acids is 1. The third kappa shape index (κ3) is 5.32. The number of anilines is 2. The average molecular weight is 533 g/mol. The number of rotatable bonds is 6. The van der Waals surface area contributed by atoms with E-state index in [1.165, 1.54) is 37.3 Å². The van der Waals surface area contributed by atoms with Crippen LogP contribution in [0.1, 0.15) is 0 Å². The molecular weight excluding hydrogens is 510 g/mol. The number of nitrogen functional groups attached to an aromatic ring is 1. The molecule has 0 aromatic carbocycles. The van der Waals surface area contributed by atoms with Gasteiger partial charge in [0, 0.05) is 28.2 Å². The van der Waals surface area contributed by atoms with Crippen molar-refractivity contribution in [3.05, 3.63) is 41.7 Å². The predicted octanol–water partition coefficient (Wildman–Crippen LogP) is -3.52. The number of amides is 1. The smallest absolute Gasteiger partial charge is 0.332 e. The molecule has 4 aromatic rings. The van der Waals surface area contributed by atoms with Gasteiger partial charge < -0.3 is 26.1 Å². The van der Waals surface area contributed by atoms with Crippen molar-refractivity contribution < 1.29 is 14.7 Å². The van der Waals surface area contributed by atoms with Crippen LogP contribution in [-0.4, -0.2) is 68.3 Å². The molecule has 0 unspecified atom stereocenters. The van der Waals surface area contributed by atoms with E-state index >= 15 is 0 Å². The number of imidazole rings is 2. The average Bonchev–Trinajstić information content (AvgIpc) is 3.49. The molecule has 4 aromatic heterocycles. The molecule has 0 radical (unpaired) electrons. The van der Waals surface area contributed by atoms with Crippen molar-refractivity contribution in [1.82, 2.24) is 43.5 Å². The Bertz CT molecular complexity index is 1810. The molecule has 0 atom stereocenters. The van der Waals surface area contributed by atoms with E-state index in [4.69, 9.17) is 10.8 Å². The molecule has 0 aliphatic carbocycles. The summed E-state index contributed by atoms with van der Waals surface area (Å²) < 4.78 is 4.39. The van der Waals surface area contributed by atoms with Crippen LogP contribution >= 0.6 is 0 Å². The van der Waals surface area contributed by atoms with Gasteiger partial charge in [-0.15, -0.1) is 0 Å². The van der Waals surface area contributed by atoms with Crippen molar-refractivity contribution in [2.24, 2.45) is 38.5 Å². The molecule has 0 fully saturated rings. The molecular formula is C18H23N13O7. The summed E-state index contributed by atoms with van der Waals surface area (Å²) in [6, 6.07) is 0. The molecule has 4 rings (SSSR count). The highest BCUT2D eigenvalue weighted by Gasteiger charge is 2.13. The van der Waals surface area contributed by atoms with Crippen LogP contribution in [0.5, 0.6) is 0 Å². The Hall–Kier alpha value is -5.56. The summed E-state index contributed by atoms with van der Waals surface area (Å²) in [6.45, 7) is -0.899. The van der Waals surface area contributed by atoms with Crippen molar-refractivity contribution >= 4 is 46.1 Å². The second-order valence-corrected chi connectivity index (χ2v) is 7.70. The van der Waals surface area contributed by atoms with Crippen LogP contribution in [0.3, 0.4) is 0 Å². The second-order valence-electron chi connectivity index (χ2n) is 7.70. The monoisotopic (exact) mass is 533 g/mol. The number of aliphatic carboxylic acids is 1. The molecule has 0 saturated heterocycles. The fraction of sp³-hybridized carbons (Fsp3) is 0.333. The van der Waals surface area contributed by atoms with Gasteiger partial charge in [-0.25, -0.2) is 15.0 Å². The summed E-state index contributed by atoms with van der Waals surface area (Å²) in [7, 11) is 5.74. The zero-order valence-corrected chi connectivity index (χ0v) is 20.5. The summed E-state index contributed by atoms with van der Waals surface area (Å²) in [5.74, 6) is -1.62. The van der Waals surface area contributed by atoms with Gasteiger partial charge in [0.15, 0.2) is 28.3 Å². The molecule has 0 aliphatic rings. The van der Waals surface area contributed by atoms with E-state index in [9.17, 15) is 28.8 Å². The first kappa shape index (κ1) is 27.0. The van der Waals surface area contributed by atoms with Gasteiger partial charge >= 0.3 is 17.3 Å². The van der Waals surface area contributed by atoms with Crippen LogP contribution in [-0.2, 0) is 37.8 Å². The first-order chi connectivity index (χ1) is 17.8. The summed E-state index contributed by atoms with van der Waals surface area (Å²) >= 11 is 0. The molecule has 0 aliphatic heterocycles. The zero-order valence-electron chi connectivity index (χ0n) is 20.5. The lowest BCUT2D eigenvalue weighted by Crippen LogP contribution is -2.36. The third-order valence-corrected chi connectivity index (χ3v) is 5.09. The molecule has 7 N–H and O–H groups in total. The largest absolute Gasteiger partial charge is 0.480 e. The van der Waals surface area contributed by atoms with Crippen molar-refractivity contribution in [3.8, 4) is 0 Å². The van der Waals surface area contributed by atoms with Crippen molar-refractivity contribution in [3.63, 3.8) is 0 Å². The molecule has 20 heteroatoms. The highest BCUT2D eigenvalue weighted by atomic mass is 16.4. The number of aryl methyl sites for hydroxylation is 2. The van der Waals surface area contributed by atoms with Crippen LogP contribution in [0.15, 0.2) is 29.5 Å². The third-order valence-electron chi connectivity index (χ3n) is 5.09. The van der Waals surface area contributed by atoms with Crippen LogP contribution in [0.4, 0.5) is 11.9 Å². The molecule has 20 nitrogen and oxygen atoms in total. The van der Waals surface area contributed by atoms with Gasteiger partial charge in [-0.05, 0) is 0 Å². The number of nitrogens with zero attached hydrogens (tertiary/aromatic N) is 8. The Labute approximate surface area is 209 Å². The Morgan fingerprint density at radius 2 is 1.42 bits per heavy atom. The Balaban J connectivity index is 0.000000241. The Kier molecular flexibility index (Phi) is 7.54. The van der Waals surface area contributed by atoms with E-state index in [0.717, 1.165) is 9.13 Å². The maximum absolute atomic E-state index is 12.0. The van der Waals surface area contributed by atoms with Crippen LogP contribution < -0.4 is 39.0 Å². The van der Waals surface area contributed by atoms with Crippen LogP contribution in [0.25, 0.3) is 22.3 Å². The second kappa shape index (κ2) is 10.6. The lowest BCUT2D eigenvalue weighted by Gasteiger charge is -2.00. The van der Waals surface area contributed by atoms with Crippen molar-refractivity contribution in [1.29, 1.82) is 0 Å². The summed E-state index contributed by atoms with van der Waals surface area (Å²) in [5, 5.41) is 17.5. The number of carbonyl (C=O) groups is 2. The zero-order chi connectivity index (χ0) is 28.3. The number of fused-ring (bicyclic) bond motifs is 2. The molecule has 38 heavy (non-hydrogen) atoms. The number of aromatic amines is 2. The number of carbonyl (C=O) groups excluding carboxylic acids is 1. The Morgan fingerprint density at radius 3 is 1.97 bits per heavy atom. The highest BCUT2D eigenvalue weighted by molar-refractivity contribution is 5.82. The fourth-order valence-electron chi connectivity index (χ4n) is 3.14. The first-order valence-electron chi connectivity index (χ1n) is 10.5. The predicted molar refractivity (Wildman–Crippen MR) is 132 cm³/mol. The lowest BCUT2D eigenvalue weighted by atomic mass is 10.5. The molecule has 0 spiro atoms. The topological polar surface area (TPSA) is 275 Å². The minimum Gasteiger partial charge on any atom is -0.480 e. The lowest BCUT2D eigenvalue weighted by molar-refractivity contribution is -0.137. The normalized spacial score (nSPS) is 11.1. The number of nitrogens with one attached hydrogen (secondary N) is 4. The van der Waals surface area contributed by atoms with E-state index in [1.807, 2.05) is 0 Å². The van der Waals surface area contributed by atoms with Gasteiger partial charge in [0.2, 0.25) is 11.9 Å². The molecule has 202 valence electrons. The maximum atomic E-state index is 12.0. The number of hydrogen-bond donors (Lipinski definition) is 6. The number of H-pyrrole nitrogens is 2. The van der Waals surface area contributed by atoms with E-state index in [2.05, 4.69) is 41.0 Å². The van der Waals surface area contributed by atoms with Crippen LogP contribution in [0, 0.1) is 0 Å². The minimum atomic E-state index is -1.17. The van der Waals surface area contributed by atoms with Crippen molar-refractivity contribution in [2.45, 2.75) is 0 Å². The van der Waals surface area contributed by atoms with Gasteiger partial charge in [0.1, 0.15) is 13.1 Å². The summed E-state index contributed by atoms with van der Waals surface area (Å²) in [5.41, 5.74) is 6.63. The highest BCUT2D eigenvalue weighted by Crippen LogP contribution is 2.08. The first-order valence-corrected chi connectivity index (χ1v) is 10.5. The van der Waals surface area contributed by atoms with E-state index in [-0.39, 0.29) is 40.8 Å². The molecule has 1 amide bonds. The van der Waals surface area contributed by atoms with Gasteiger partial charge in [0.25, 0.3) is 11.1 Å². The van der Waals surface area contributed by atoms with Crippen LogP contribution in [0.2, 0.25) is 0 Å². The maximum Gasteiger partial charge on any atom is 0.332 e. The number of aromatic nitrogens is 8. The van der Waals surface area contributed by atoms with E-state index in [1.54, 1.807) is 0 Å². The van der Waals surface area contributed by atoms with Crippen molar-refractivity contribution in [2.75, 3.05) is 24.2 Å². The summed E-state index contributed by atoms with van der Waals surface area (Å²) in [6.07, 6.45) is 0. The number of carboxylic acid groups (broad SMARTS) is 1. The SMILES string of the molecule is Cn1c(=O)c2[nH]c(N)nc2n(C)c1=O.Cn1c(=O)c2[nH]c(NN=NCC(=O)NCC(=O)O)nc2n(C)c1=O. The fourth-order valence-corrected chi connectivity index (χ4v) is 3.14. The quantitative estimate of drug-likeness (QED) is 0.104. The van der Waals surface area contributed by atoms with Gasteiger partial charge in [0.05, 0.1) is 0 Å². The number of hydrogen-bond acceptors (Lipinski definition) is 11. The molecule has 0 saturated carbocycles. The Morgan fingerprint density at radius 1 is 0.895 bits per heavy atom. The standard InChI is InChI=1S/C11H14N8O5.C7H9N5O2/c1-18-8-7(9(23)19(2)11(18)24)14-10(15-8)16-17-13-3-5(20)12-4-6(21)22;1-11-4-3(9-6(8)10-4)5(13)12(2)7(11)14/h3-4H2,1-2H3,(H,12,20)(H,21,22)(H2,13,14,15,16);1-2H3,(H3,8,9,10). The van der Waals surface area contributed by atoms with Gasteiger partial charge in [-0.3, -0.25) is 37.4 Å². The summed E-state index contributed by atoms with van der Waals surface area (Å²) in [4.78, 5) is 81.3. The number of nitrogens with two attached hydrogens (primary N) is 1. The molecule has 0 bridgehead atoms. The van der Waals surface area contributed by atoms with E-state index in [0.29, 0.717) is 0 Å². The van der Waals surface area contributed by atoms with Gasteiger partial charge in [-0.2, -0.15) is 15.1 Å². The molecule has 4 heterocycles.